The molecule has 0 bridgehead atoms. The first-order chi connectivity index (χ1) is 42.1. The number of alkyl halides is 20. The van der Waals surface area contributed by atoms with Crippen LogP contribution in [-0.2, 0) is 0 Å². The Morgan fingerprint density at radius 2 is 0.753 bits per heavy atom. The van der Waals surface area contributed by atoms with Crippen LogP contribution in [0.3, 0.4) is 0 Å². The number of hydrogen-bond donors (Lipinski definition) is 0. The molecule has 0 nitrogen and oxygen atoms in total. The van der Waals surface area contributed by atoms with Gasteiger partial charge in [0.2, 0.25) is 12.3 Å². The highest BCUT2D eigenvalue weighted by molar-refractivity contribution is 4.90. The summed E-state index contributed by atoms with van der Waals surface area (Å²) in [7, 11) is 0. The molecule has 0 saturated heterocycles. The highest BCUT2D eigenvalue weighted by Crippen LogP contribution is 2.53. The Morgan fingerprint density at radius 3 is 0.828 bits per heavy atom. The molecule has 0 aromatic rings. The first kappa shape index (κ1) is 100. The average Bonchev–Trinajstić information content (AvgIpc) is 0.966. The molecule has 0 N–H and O–H groups in total. The minimum Gasteiger partial charge on any atom is -0.251 e. The van der Waals surface area contributed by atoms with E-state index in [1.807, 2.05) is 34.6 Å². The fourth-order valence-electron chi connectivity index (χ4n) is 8.14. The summed E-state index contributed by atoms with van der Waals surface area (Å²) in [6.07, 6.45) is -16.0. The number of rotatable bonds is 11. The summed E-state index contributed by atoms with van der Waals surface area (Å²) in [4.78, 5) is 0. The lowest BCUT2D eigenvalue weighted by molar-refractivity contribution is -0.335. The van der Waals surface area contributed by atoms with Crippen LogP contribution in [-0.4, -0.2) is 49.9 Å². The van der Waals surface area contributed by atoms with Crippen LogP contribution in [0.15, 0.2) is 0 Å². The highest BCUT2D eigenvalue weighted by Gasteiger charge is 2.66. The summed E-state index contributed by atoms with van der Waals surface area (Å²) in [5.74, 6) is -4.01. The van der Waals surface area contributed by atoms with Gasteiger partial charge >= 0.3 is 30.9 Å². The van der Waals surface area contributed by atoms with E-state index in [9.17, 15) is 87.8 Å². The summed E-state index contributed by atoms with van der Waals surface area (Å²) in [5, 5.41) is 0. The van der Waals surface area contributed by atoms with Crippen molar-refractivity contribution in [1.82, 2.24) is 0 Å². The predicted octanol–water partition coefficient (Wildman–Crippen LogP) is 31.1. The van der Waals surface area contributed by atoms with Gasteiger partial charge in [0.25, 0.3) is 0 Å². The van der Waals surface area contributed by atoms with Crippen LogP contribution >= 0.6 is 0 Å². The average molecular weight is 1400 g/mol. The van der Waals surface area contributed by atoms with E-state index >= 15 is 0 Å². The van der Waals surface area contributed by atoms with E-state index in [4.69, 9.17) is 4.11 Å². The largest absolute Gasteiger partial charge is 0.402 e. The Morgan fingerprint density at radius 1 is 0.430 bits per heavy atom. The first-order valence-electron chi connectivity index (χ1n) is 35.7. The first-order valence-corrected chi connectivity index (χ1v) is 34.2. The lowest BCUT2D eigenvalue weighted by Crippen LogP contribution is -2.47. The second-order valence-electron chi connectivity index (χ2n) is 30.9. The Labute approximate surface area is 562 Å². The maximum atomic E-state index is 12.3. The van der Waals surface area contributed by atoms with Gasteiger partial charge in [0.1, 0.15) is 0 Å². The van der Waals surface area contributed by atoms with Crippen molar-refractivity contribution < 1.29 is 91.9 Å². The minimum absolute atomic E-state index is 0.0509. The SMILES string of the molecule is CC1CC(C(F)(F)F)C(C(F)(F)F)C1.CC1CCC(C)C1C.CCC(C)(C(F)(F)F)C(F)(F)F.CCC(C)(C)C.CCC(C)(C)C(F)(F)F.CCC(F)(F)C(C)C.CCCC(C)(C)C.CCCC(C)C(F)F.CCCC(C)CF.[2H]C([2H])(C)C(C)(C)C.[2H]C1(C)C(C)CCC1C. The molecule has 0 heterocycles. The standard InChI is InChI=1S/C8H10F6.2C8H16.C7H16.C6H8F6.C6H11F3.2C6H12F2.C6H13F.2C6H14/c1-4-2-5(7(9,10)11)6(3-4)8(12,13)14;2*1-6-4-5-7(2)8(6)3;1-5-6-7(2,3)4;1-3-4(2,5(7,8)9)6(10,11)12;1-4-5(2,3)6(7,8)9;1-4-6(7,8)5(2)3;1-3-4-5(2)6(7)8;1-3-4-6(2)5-7;2*1-5-6(2,3)4/h4-6H,2-3H2,1H3;2*6-8H,4-5H2,1-3H3;5-6H2,1-4H3;3H2,1-2H3;4H2,1-3H3;5H,4H2,1-3H3;5-6H,3-4H2,1-2H3;6H,3-5H2,1-2H3;2*5H2,1-4H3/i;8D;;;;;;;;5D2;. The normalized spacial score (nSPS) is 24.0. The van der Waals surface area contributed by atoms with E-state index in [0.717, 1.165) is 43.9 Å². The summed E-state index contributed by atoms with van der Waals surface area (Å²) in [6, 6.07) is 0. The van der Waals surface area contributed by atoms with Crippen LogP contribution in [0.4, 0.5) is 87.8 Å². The molecule has 0 aromatic carbocycles. The summed E-state index contributed by atoms with van der Waals surface area (Å²) in [5.41, 5.74) is -4.24. The third-order valence-corrected chi connectivity index (χ3v) is 18.1. The van der Waals surface area contributed by atoms with Crippen LogP contribution in [0.2, 0.25) is 0 Å². The summed E-state index contributed by atoms with van der Waals surface area (Å²) in [6.45, 7) is 57.1. The van der Waals surface area contributed by atoms with Crippen molar-refractivity contribution in [1.29, 1.82) is 0 Å². The molecule has 20 heteroatoms. The zero-order valence-corrected chi connectivity index (χ0v) is 64.0. The van der Waals surface area contributed by atoms with Crippen molar-refractivity contribution in [2.45, 2.75) is 367 Å². The molecule has 8 atom stereocenters. The Kier molecular flexibility index (Phi) is 53.0. The third-order valence-electron chi connectivity index (χ3n) is 18.1. The van der Waals surface area contributed by atoms with E-state index in [0.29, 0.717) is 29.1 Å². The molecule has 0 amide bonds. The Hall–Kier alpha value is -1.40. The molecule has 3 aliphatic rings. The third kappa shape index (κ3) is 56.1. The fraction of sp³-hybridized carbons (Fsp3) is 1.00. The van der Waals surface area contributed by atoms with Gasteiger partial charge in [-0.05, 0) is 115 Å². The van der Waals surface area contributed by atoms with Crippen molar-refractivity contribution >= 4 is 0 Å². The van der Waals surface area contributed by atoms with E-state index in [1.54, 1.807) is 13.8 Å². The van der Waals surface area contributed by atoms with Crippen molar-refractivity contribution in [3.63, 3.8) is 0 Å². The Balaban J connectivity index is -0.000000149. The van der Waals surface area contributed by atoms with Crippen molar-refractivity contribution in [3.8, 4) is 0 Å². The Bertz CT molecular complexity index is 1750. The maximum Gasteiger partial charge on any atom is 0.402 e. The van der Waals surface area contributed by atoms with E-state index < -0.39 is 109 Å². The lowest BCUT2D eigenvalue weighted by atomic mass is 9.86. The quantitative estimate of drug-likeness (QED) is 0.181. The zero-order chi connectivity index (χ0) is 79.4. The molecule has 93 heavy (non-hydrogen) atoms. The van der Waals surface area contributed by atoms with Gasteiger partial charge in [0, 0.05) is 22.4 Å². The fourth-order valence-corrected chi connectivity index (χ4v) is 8.14. The topological polar surface area (TPSA) is 0 Å². The molecule has 3 rings (SSSR count). The number of halogens is 20. The van der Waals surface area contributed by atoms with Gasteiger partial charge in [0.15, 0.2) is 5.41 Å². The van der Waals surface area contributed by atoms with E-state index in [1.165, 1.54) is 93.4 Å². The molecule has 0 aromatic heterocycles. The molecular formula is C73H142F20. The molecule has 0 aliphatic heterocycles. The van der Waals surface area contributed by atoms with E-state index in [2.05, 4.69) is 104 Å². The zero-order valence-electron chi connectivity index (χ0n) is 67.0. The molecular weight excluding hydrogens is 1260 g/mol. The van der Waals surface area contributed by atoms with Gasteiger partial charge in [-0.25, -0.2) is 17.6 Å². The second kappa shape index (κ2) is 49.2. The van der Waals surface area contributed by atoms with Crippen molar-refractivity contribution in [2.75, 3.05) is 6.67 Å². The molecule has 0 radical (unpaired) electrons. The molecule has 3 aliphatic carbocycles. The van der Waals surface area contributed by atoms with E-state index in [-0.39, 0.29) is 43.7 Å². The number of hydrogen-bond acceptors (Lipinski definition) is 0. The van der Waals surface area contributed by atoms with Crippen molar-refractivity contribution in [2.24, 2.45) is 98.1 Å². The molecule has 574 valence electrons. The minimum atomic E-state index is -5.24. The van der Waals surface area contributed by atoms with Crippen LogP contribution in [0.5, 0.6) is 0 Å². The van der Waals surface area contributed by atoms with Gasteiger partial charge in [0.05, 0.1) is 23.9 Å². The molecule has 3 fully saturated rings. The second-order valence-corrected chi connectivity index (χ2v) is 30.9. The van der Waals surface area contributed by atoms with Crippen LogP contribution < -0.4 is 0 Å². The van der Waals surface area contributed by atoms with Gasteiger partial charge in [-0.15, -0.1) is 0 Å². The smallest absolute Gasteiger partial charge is 0.251 e. The maximum absolute atomic E-state index is 12.3. The highest BCUT2D eigenvalue weighted by atomic mass is 19.4. The summed E-state index contributed by atoms with van der Waals surface area (Å²) < 4.78 is 262. The molecule has 3 saturated carbocycles. The monoisotopic (exact) mass is 1400 g/mol. The van der Waals surface area contributed by atoms with Gasteiger partial charge in [-0.2, -0.15) is 65.9 Å². The van der Waals surface area contributed by atoms with Crippen LogP contribution in [0.25, 0.3) is 0 Å². The van der Waals surface area contributed by atoms with Gasteiger partial charge in [-0.3, -0.25) is 4.39 Å². The molecule has 0 spiro atoms. The van der Waals surface area contributed by atoms with Gasteiger partial charge < -0.3 is 0 Å². The van der Waals surface area contributed by atoms with Crippen LogP contribution in [0.1, 0.15) is 328 Å². The molecule has 8 unspecified atom stereocenters. The van der Waals surface area contributed by atoms with Crippen LogP contribution in [0, 0.1) is 98.1 Å². The summed E-state index contributed by atoms with van der Waals surface area (Å²) >= 11 is 0. The van der Waals surface area contributed by atoms with Gasteiger partial charge in [-0.1, -0.05) is 265 Å². The predicted molar refractivity (Wildman–Crippen MR) is 356 cm³/mol. The lowest BCUT2D eigenvalue weighted by Gasteiger charge is -2.32. The van der Waals surface area contributed by atoms with Crippen molar-refractivity contribution in [3.05, 3.63) is 0 Å².